The first-order chi connectivity index (χ1) is 28.5. The van der Waals surface area contributed by atoms with Gasteiger partial charge < -0.3 is 19.7 Å². The highest BCUT2D eigenvalue weighted by atomic mass is 16.5. The fourth-order valence-electron chi connectivity index (χ4n) is 9.14. The third-order valence-electron chi connectivity index (χ3n) is 12.3. The second kappa shape index (κ2) is 18.5. The SMILES string of the molecule is O=C(CCCCCCCCCCCCCCC(=O)OCc1ccc2ccc3c(CO)ccc4ccc1c2c43)OCc1ccc2ccc3c(CO)ccc4ccc1c2c43. The molecule has 298 valence electrons. The van der Waals surface area contributed by atoms with E-state index in [9.17, 15) is 19.8 Å². The predicted molar refractivity (Wildman–Crippen MR) is 236 cm³/mol. The minimum atomic E-state index is -0.135. The molecule has 2 N–H and O–H groups in total. The Bertz CT molecular complexity index is 2470. The third-order valence-corrected chi connectivity index (χ3v) is 12.3. The van der Waals surface area contributed by atoms with Crippen LogP contribution in [0.3, 0.4) is 0 Å². The highest BCUT2D eigenvalue weighted by Crippen LogP contribution is 2.39. The van der Waals surface area contributed by atoms with Crippen molar-refractivity contribution in [3.05, 3.63) is 119 Å². The Morgan fingerprint density at radius 1 is 0.345 bits per heavy atom. The van der Waals surface area contributed by atoms with Crippen LogP contribution in [0.25, 0.3) is 64.6 Å². The van der Waals surface area contributed by atoms with Crippen LogP contribution in [0.4, 0.5) is 0 Å². The first-order valence-electron chi connectivity index (χ1n) is 21.4. The van der Waals surface area contributed by atoms with Gasteiger partial charge in [0.1, 0.15) is 13.2 Å². The lowest BCUT2D eigenvalue weighted by molar-refractivity contribution is -0.146. The van der Waals surface area contributed by atoms with Crippen molar-refractivity contribution in [2.24, 2.45) is 0 Å². The van der Waals surface area contributed by atoms with Crippen LogP contribution < -0.4 is 0 Å². The van der Waals surface area contributed by atoms with E-state index in [0.717, 1.165) is 115 Å². The van der Waals surface area contributed by atoms with Gasteiger partial charge in [-0.2, -0.15) is 0 Å². The molecule has 6 nitrogen and oxygen atoms in total. The van der Waals surface area contributed by atoms with Crippen LogP contribution in [0.1, 0.15) is 112 Å². The Kier molecular flexibility index (Phi) is 12.6. The standard InChI is InChI=1S/C52H54O6/c53-31-39-19-15-35-25-29-45-41(21-17-37-23-27-43(39)49(35)51(37)45)33-57-47(55)13-11-9-7-5-3-1-2-4-6-8-10-12-14-48(56)58-34-42-22-18-38-24-28-44-40(32-54)20-16-36-26-30-46(42)52(38)50(36)44/h15-30,53-54H,1-14,31-34H2. The average molecular weight is 775 g/mol. The largest absolute Gasteiger partial charge is 0.461 e. The topological polar surface area (TPSA) is 93.1 Å². The first-order valence-corrected chi connectivity index (χ1v) is 21.4. The number of carbonyl (C=O) groups is 2. The van der Waals surface area contributed by atoms with E-state index >= 15 is 0 Å². The van der Waals surface area contributed by atoms with Crippen molar-refractivity contribution in [1.29, 1.82) is 0 Å². The number of hydrogen-bond acceptors (Lipinski definition) is 6. The molecule has 0 fully saturated rings. The number of aliphatic hydroxyl groups excluding tert-OH is 2. The average Bonchev–Trinajstić information content (AvgIpc) is 3.26. The summed E-state index contributed by atoms with van der Waals surface area (Å²) in [5.74, 6) is -0.270. The van der Waals surface area contributed by atoms with Gasteiger partial charge in [-0.25, -0.2) is 0 Å². The Morgan fingerprint density at radius 3 is 0.914 bits per heavy atom. The lowest BCUT2D eigenvalue weighted by Gasteiger charge is -2.15. The molecule has 8 aromatic carbocycles. The van der Waals surface area contributed by atoms with Crippen LogP contribution in [0.15, 0.2) is 97.1 Å². The summed E-state index contributed by atoms with van der Waals surface area (Å²) in [5, 5.41) is 33.4. The van der Waals surface area contributed by atoms with Gasteiger partial charge in [0, 0.05) is 12.8 Å². The number of carbonyl (C=O) groups excluding carboxylic acids is 2. The second-order valence-corrected chi connectivity index (χ2v) is 16.1. The normalized spacial score (nSPS) is 12.0. The van der Waals surface area contributed by atoms with Crippen LogP contribution >= 0.6 is 0 Å². The molecule has 0 amide bonds. The molecule has 58 heavy (non-hydrogen) atoms. The van der Waals surface area contributed by atoms with Crippen molar-refractivity contribution in [3.8, 4) is 0 Å². The summed E-state index contributed by atoms with van der Waals surface area (Å²) >= 11 is 0. The summed E-state index contributed by atoms with van der Waals surface area (Å²) in [6.45, 7) is 0.550. The molecule has 8 rings (SSSR count). The Balaban J connectivity index is 0.658. The van der Waals surface area contributed by atoms with Crippen LogP contribution in [-0.2, 0) is 45.5 Å². The molecule has 0 aliphatic heterocycles. The molecule has 0 heterocycles. The molecule has 0 spiro atoms. The molecule has 8 aromatic rings. The molecular weight excluding hydrogens is 721 g/mol. The van der Waals surface area contributed by atoms with Gasteiger partial charge in [-0.1, -0.05) is 161 Å². The van der Waals surface area contributed by atoms with Crippen molar-refractivity contribution in [2.45, 2.75) is 116 Å². The molecule has 0 aliphatic carbocycles. The minimum absolute atomic E-state index is 0.00591. The van der Waals surface area contributed by atoms with Crippen LogP contribution in [-0.4, -0.2) is 22.2 Å². The van der Waals surface area contributed by atoms with Gasteiger partial charge in [0.05, 0.1) is 13.2 Å². The number of esters is 2. The van der Waals surface area contributed by atoms with Gasteiger partial charge in [-0.15, -0.1) is 0 Å². The first kappa shape index (κ1) is 39.5. The van der Waals surface area contributed by atoms with Gasteiger partial charge in [0.15, 0.2) is 0 Å². The maximum Gasteiger partial charge on any atom is 0.306 e. The predicted octanol–water partition coefficient (Wildman–Crippen LogP) is 12.7. The summed E-state index contributed by atoms with van der Waals surface area (Å²) in [6.07, 6.45) is 14.4. The quantitative estimate of drug-likeness (QED) is 0.0429. The van der Waals surface area contributed by atoms with Gasteiger partial charge in [-0.05, 0) is 99.7 Å². The summed E-state index contributed by atoms with van der Waals surface area (Å²) in [5.41, 5.74) is 3.87. The number of ether oxygens (including phenoxy) is 2. The highest BCUT2D eigenvalue weighted by molar-refractivity contribution is 6.25. The zero-order valence-electron chi connectivity index (χ0n) is 33.5. The maximum absolute atomic E-state index is 12.6. The van der Waals surface area contributed by atoms with E-state index in [4.69, 9.17) is 9.47 Å². The fourth-order valence-corrected chi connectivity index (χ4v) is 9.14. The Hall–Kier alpha value is -5.30. The molecule has 0 bridgehead atoms. The lowest BCUT2D eigenvalue weighted by atomic mass is 9.90. The molecule has 0 saturated carbocycles. The van der Waals surface area contributed by atoms with Gasteiger partial charge in [0.2, 0.25) is 0 Å². The van der Waals surface area contributed by atoms with E-state index in [2.05, 4.69) is 84.9 Å². The van der Waals surface area contributed by atoms with Crippen molar-refractivity contribution in [3.63, 3.8) is 0 Å². The fraction of sp³-hybridized carbons (Fsp3) is 0.346. The van der Waals surface area contributed by atoms with Crippen molar-refractivity contribution >= 4 is 76.6 Å². The van der Waals surface area contributed by atoms with E-state index in [1.165, 1.54) is 49.3 Å². The van der Waals surface area contributed by atoms with Gasteiger partial charge in [0.25, 0.3) is 0 Å². The molecule has 0 unspecified atom stereocenters. The summed E-state index contributed by atoms with van der Waals surface area (Å²) < 4.78 is 11.5. The second-order valence-electron chi connectivity index (χ2n) is 16.1. The van der Waals surface area contributed by atoms with Crippen molar-refractivity contribution < 1.29 is 29.3 Å². The Morgan fingerprint density at radius 2 is 0.603 bits per heavy atom. The molecule has 0 saturated heterocycles. The van der Waals surface area contributed by atoms with Crippen LogP contribution in [0, 0.1) is 0 Å². The summed E-state index contributed by atoms with van der Waals surface area (Å²) in [6, 6.07) is 33.3. The smallest absolute Gasteiger partial charge is 0.306 e. The molecule has 0 radical (unpaired) electrons. The Labute approximate surface area is 340 Å². The van der Waals surface area contributed by atoms with Gasteiger partial charge >= 0.3 is 11.9 Å². The zero-order valence-corrected chi connectivity index (χ0v) is 33.5. The maximum atomic E-state index is 12.6. The number of hydrogen-bond donors (Lipinski definition) is 2. The number of aliphatic hydroxyl groups is 2. The third kappa shape index (κ3) is 8.46. The number of rotatable bonds is 21. The van der Waals surface area contributed by atoms with Crippen LogP contribution in [0.5, 0.6) is 0 Å². The van der Waals surface area contributed by atoms with Gasteiger partial charge in [-0.3, -0.25) is 9.59 Å². The highest BCUT2D eigenvalue weighted by Gasteiger charge is 2.16. The lowest BCUT2D eigenvalue weighted by Crippen LogP contribution is -2.05. The van der Waals surface area contributed by atoms with E-state index in [1.54, 1.807) is 0 Å². The van der Waals surface area contributed by atoms with Crippen LogP contribution in [0.2, 0.25) is 0 Å². The zero-order chi connectivity index (χ0) is 39.8. The molecular formula is C52H54O6. The molecule has 0 aliphatic rings. The molecule has 6 heteroatoms. The number of benzene rings is 8. The van der Waals surface area contributed by atoms with E-state index in [-0.39, 0.29) is 38.4 Å². The van der Waals surface area contributed by atoms with E-state index in [0.29, 0.717) is 12.8 Å². The monoisotopic (exact) mass is 774 g/mol. The molecule has 0 aromatic heterocycles. The number of unbranched alkanes of at least 4 members (excludes halogenated alkanes) is 11. The summed E-state index contributed by atoms with van der Waals surface area (Å²) in [7, 11) is 0. The summed E-state index contributed by atoms with van der Waals surface area (Å²) in [4.78, 5) is 25.2. The van der Waals surface area contributed by atoms with Crippen molar-refractivity contribution in [1.82, 2.24) is 0 Å². The minimum Gasteiger partial charge on any atom is -0.461 e. The molecule has 0 atom stereocenters. The van der Waals surface area contributed by atoms with E-state index in [1.807, 2.05) is 12.1 Å². The van der Waals surface area contributed by atoms with Crippen molar-refractivity contribution in [2.75, 3.05) is 0 Å². The van der Waals surface area contributed by atoms with E-state index < -0.39 is 0 Å².